The van der Waals surface area contributed by atoms with E-state index in [0.717, 1.165) is 40.5 Å². The van der Waals surface area contributed by atoms with Gasteiger partial charge in [-0.25, -0.2) is 0 Å². The van der Waals surface area contributed by atoms with Crippen LogP contribution in [-0.4, -0.2) is 19.0 Å². The molecule has 3 aliphatic rings. The van der Waals surface area contributed by atoms with Crippen molar-refractivity contribution in [2.75, 3.05) is 13.2 Å². The first-order chi connectivity index (χ1) is 9.22. The summed E-state index contributed by atoms with van der Waals surface area (Å²) < 4.78 is 11.9. The summed E-state index contributed by atoms with van der Waals surface area (Å²) in [6.07, 6.45) is 3.49. The molecule has 0 N–H and O–H groups in total. The molecule has 100 valence electrons. The fourth-order valence-electron chi connectivity index (χ4n) is 3.40. The number of benzene rings is 1. The molecule has 1 aliphatic heterocycles. The minimum Gasteiger partial charge on any atom is -0.486 e. The van der Waals surface area contributed by atoms with Crippen molar-refractivity contribution in [1.82, 2.24) is 0 Å². The highest BCUT2D eigenvalue weighted by Crippen LogP contribution is 2.55. The largest absolute Gasteiger partial charge is 0.486 e. The molecule has 2 saturated carbocycles. The number of rotatable bonds is 2. The molecule has 1 heterocycles. The summed E-state index contributed by atoms with van der Waals surface area (Å²) in [7, 11) is 0. The van der Waals surface area contributed by atoms with Gasteiger partial charge in [0.1, 0.15) is 13.2 Å². The maximum Gasteiger partial charge on any atom is 0.167 e. The first-order valence-corrected chi connectivity index (χ1v) is 7.65. The molecule has 0 bridgehead atoms. The van der Waals surface area contributed by atoms with Gasteiger partial charge in [-0.15, -0.1) is 0 Å². The van der Waals surface area contributed by atoms with Gasteiger partial charge in [-0.1, -0.05) is 0 Å². The molecule has 2 atom stereocenters. The number of hydrogen-bond donors (Lipinski definition) is 0. The van der Waals surface area contributed by atoms with Crippen molar-refractivity contribution in [3.05, 3.63) is 22.2 Å². The second-order valence-corrected chi connectivity index (χ2v) is 6.62. The lowest BCUT2D eigenvalue weighted by atomic mass is 9.93. The van der Waals surface area contributed by atoms with Gasteiger partial charge in [0.25, 0.3) is 0 Å². The molecule has 0 radical (unpaired) electrons. The standard InChI is InChI=1S/C15H15BrO3/c16-12-7-14-13(18-1-2-19-14)6-11(12)15(17)10-4-8-3-9(8)5-10/h6-10H,1-5H2. The van der Waals surface area contributed by atoms with Crippen LogP contribution in [0.2, 0.25) is 0 Å². The lowest BCUT2D eigenvalue weighted by molar-refractivity contribution is 0.0912. The minimum absolute atomic E-state index is 0.211. The fourth-order valence-corrected chi connectivity index (χ4v) is 3.92. The van der Waals surface area contributed by atoms with Crippen LogP contribution in [0.5, 0.6) is 11.5 Å². The highest BCUT2D eigenvalue weighted by atomic mass is 79.9. The van der Waals surface area contributed by atoms with Gasteiger partial charge in [-0.2, -0.15) is 0 Å². The molecular formula is C15H15BrO3. The Morgan fingerprint density at radius 1 is 1.05 bits per heavy atom. The van der Waals surface area contributed by atoms with Gasteiger partial charge < -0.3 is 9.47 Å². The zero-order valence-corrected chi connectivity index (χ0v) is 12.1. The number of carbonyl (C=O) groups is 1. The molecule has 19 heavy (non-hydrogen) atoms. The van der Waals surface area contributed by atoms with Crippen LogP contribution in [0.15, 0.2) is 16.6 Å². The molecule has 2 fully saturated rings. The van der Waals surface area contributed by atoms with Gasteiger partial charge in [0.15, 0.2) is 17.3 Å². The lowest BCUT2D eigenvalue weighted by Gasteiger charge is -2.20. The molecule has 0 spiro atoms. The van der Waals surface area contributed by atoms with Crippen LogP contribution >= 0.6 is 15.9 Å². The normalized spacial score (nSPS) is 30.9. The molecule has 4 rings (SSSR count). The Labute approximate surface area is 120 Å². The molecule has 3 nitrogen and oxygen atoms in total. The van der Waals surface area contributed by atoms with Crippen molar-refractivity contribution in [1.29, 1.82) is 0 Å². The highest BCUT2D eigenvalue weighted by molar-refractivity contribution is 9.10. The van der Waals surface area contributed by atoms with Crippen molar-refractivity contribution in [2.45, 2.75) is 19.3 Å². The second kappa shape index (κ2) is 4.23. The van der Waals surface area contributed by atoms with Gasteiger partial charge in [0.05, 0.1) is 0 Å². The molecule has 1 aromatic carbocycles. The molecular weight excluding hydrogens is 308 g/mol. The molecule has 0 aromatic heterocycles. The van der Waals surface area contributed by atoms with Crippen molar-refractivity contribution < 1.29 is 14.3 Å². The third-order valence-electron chi connectivity index (χ3n) is 4.51. The Kier molecular flexibility index (Phi) is 2.62. The number of Topliss-reactive ketones (excluding diaryl/α,β-unsaturated/α-hetero) is 1. The van der Waals surface area contributed by atoms with Crippen LogP contribution in [0.4, 0.5) is 0 Å². The van der Waals surface area contributed by atoms with Crippen LogP contribution in [0.1, 0.15) is 29.6 Å². The number of fused-ring (bicyclic) bond motifs is 2. The third-order valence-corrected chi connectivity index (χ3v) is 5.17. The quantitative estimate of drug-likeness (QED) is 0.782. The van der Waals surface area contributed by atoms with Crippen molar-refractivity contribution >= 4 is 21.7 Å². The summed E-state index contributed by atoms with van der Waals surface area (Å²) in [5.74, 6) is 3.54. The van der Waals surface area contributed by atoms with E-state index in [9.17, 15) is 4.79 Å². The van der Waals surface area contributed by atoms with Crippen molar-refractivity contribution in [3.8, 4) is 11.5 Å². The first-order valence-electron chi connectivity index (χ1n) is 6.85. The SMILES string of the molecule is O=C(c1cc2c(cc1Br)OCCO2)C1CC2CC2C1. The summed E-state index contributed by atoms with van der Waals surface area (Å²) in [5, 5.41) is 0. The molecule has 0 amide bonds. The molecule has 0 saturated heterocycles. The molecule has 1 aromatic rings. The van der Waals surface area contributed by atoms with Gasteiger partial charge >= 0.3 is 0 Å². The maximum absolute atomic E-state index is 12.6. The second-order valence-electron chi connectivity index (χ2n) is 5.76. The topological polar surface area (TPSA) is 35.5 Å². The van der Waals surface area contributed by atoms with Gasteiger partial charge in [0.2, 0.25) is 0 Å². The third kappa shape index (κ3) is 1.97. The van der Waals surface area contributed by atoms with Crippen LogP contribution in [0.25, 0.3) is 0 Å². The van der Waals surface area contributed by atoms with Crippen LogP contribution in [-0.2, 0) is 0 Å². The van der Waals surface area contributed by atoms with Crippen LogP contribution in [0, 0.1) is 17.8 Å². The van der Waals surface area contributed by atoms with E-state index in [4.69, 9.17) is 9.47 Å². The fraction of sp³-hybridized carbons (Fsp3) is 0.533. The number of ether oxygens (including phenoxy) is 2. The summed E-state index contributed by atoms with van der Waals surface area (Å²) in [6, 6.07) is 3.70. The Bertz CT molecular complexity index is 545. The lowest BCUT2D eigenvalue weighted by Crippen LogP contribution is -2.18. The number of hydrogen-bond acceptors (Lipinski definition) is 3. The van der Waals surface area contributed by atoms with Crippen LogP contribution in [0.3, 0.4) is 0 Å². The maximum atomic E-state index is 12.6. The highest BCUT2D eigenvalue weighted by Gasteiger charge is 2.48. The number of carbonyl (C=O) groups excluding carboxylic acids is 1. The van der Waals surface area contributed by atoms with E-state index in [1.807, 2.05) is 12.1 Å². The van der Waals surface area contributed by atoms with E-state index in [2.05, 4.69) is 15.9 Å². The zero-order chi connectivity index (χ0) is 13.0. The van der Waals surface area contributed by atoms with Gasteiger partial charge in [0, 0.05) is 16.0 Å². The van der Waals surface area contributed by atoms with E-state index in [-0.39, 0.29) is 11.7 Å². The van der Waals surface area contributed by atoms with Gasteiger partial charge in [-0.3, -0.25) is 4.79 Å². The van der Waals surface area contributed by atoms with E-state index in [1.54, 1.807) is 0 Å². The first kappa shape index (κ1) is 11.8. The summed E-state index contributed by atoms with van der Waals surface area (Å²) in [6.45, 7) is 1.12. The predicted octanol–water partition coefficient (Wildman–Crippen LogP) is 3.45. The van der Waals surface area contributed by atoms with Gasteiger partial charge in [-0.05, 0) is 59.2 Å². The predicted molar refractivity (Wildman–Crippen MR) is 73.8 cm³/mol. The monoisotopic (exact) mass is 322 g/mol. The molecule has 2 aliphatic carbocycles. The Hall–Kier alpha value is -1.03. The number of ketones is 1. The van der Waals surface area contributed by atoms with Crippen molar-refractivity contribution in [2.24, 2.45) is 17.8 Å². The zero-order valence-electron chi connectivity index (χ0n) is 10.5. The summed E-state index contributed by atoms with van der Waals surface area (Å²) in [4.78, 5) is 12.6. The van der Waals surface area contributed by atoms with E-state index >= 15 is 0 Å². The average molecular weight is 323 g/mol. The average Bonchev–Trinajstić information content (AvgIpc) is 3.03. The van der Waals surface area contributed by atoms with Crippen LogP contribution < -0.4 is 9.47 Å². The van der Waals surface area contributed by atoms with E-state index < -0.39 is 0 Å². The Morgan fingerprint density at radius 2 is 1.68 bits per heavy atom. The summed E-state index contributed by atoms with van der Waals surface area (Å²) >= 11 is 3.49. The number of halogens is 1. The Morgan fingerprint density at radius 3 is 2.37 bits per heavy atom. The van der Waals surface area contributed by atoms with Crippen molar-refractivity contribution in [3.63, 3.8) is 0 Å². The molecule has 4 heteroatoms. The Balaban J connectivity index is 1.64. The smallest absolute Gasteiger partial charge is 0.167 e. The summed E-state index contributed by atoms with van der Waals surface area (Å²) in [5.41, 5.74) is 0.746. The van der Waals surface area contributed by atoms with E-state index in [0.29, 0.717) is 19.0 Å². The minimum atomic E-state index is 0.211. The van der Waals surface area contributed by atoms with E-state index in [1.165, 1.54) is 6.42 Å². The molecule has 2 unspecified atom stereocenters.